The summed E-state index contributed by atoms with van der Waals surface area (Å²) in [5, 5.41) is 0. The zero-order valence-electron chi connectivity index (χ0n) is 16.4. The van der Waals surface area contributed by atoms with Crippen molar-refractivity contribution in [3.05, 3.63) is 70.8 Å². The molecule has 3 heteroatoms. The molecule has 142 valence electrons. The lowest BCUT2D eigenvalue weighted by molar-refractivity contribution is 0.0715. The van der Waals surface area contributed by atoms with Gasteiger partial charge in [0.05, 0.1) is 6.04 Å². The molecule has 0 radical (unpaired) electrons. The van der Waals surface area contributed by atoms with Gasteiger partial charge in [0.15, 0.2) is 0 Å². The van der Waals surface area contributed by atoms with E-state index >= 15 is 0 Å². The fraction of sp³-hybridized carbons (Fsp3) is 0.458. The molecule has 0 aromatic heterocycles. The summed E-state index contributed by atoms with van der Waals surface area (Å²) in [4.78, 5) is 17.5. The standard InChI is InChI=1S/C24H30N2O/c1-25(23-11-7-9-20-8-3-4-10-22(20)23)24(27)21-14-12-19(13-15-21)18-26-16-5-2-6-17-26/h3-4,8,10,12-15,23H,2,5-7,9,11,16-18H2,1H3. The topological polar surface area (TPSA) is 23.6 Å². The number of hydrogen-bond donors (Lipinski definition) is 0. The first-order valence-corrected chi connectivity index (χ1v) is 10.4. The van der Waals surface area contributed by atoms with Crippen LogP contribution >= 0.6 is 0 Å². The molecule has 1 atom stereocenters. The molecule has 2 aromatic rings. The minimum atomic E-state index is 0.126. The number of hydrogen-bond acceptors (Lipinski definition) is 2. The van der Waals surface area contributed by atoms with E-state index in [0.29, 0.717) is 0 Å². The third kappa shape index (κ3) is 4.08. The smallest absolute Gasteiger partial charge is 0.254 e. The van der Waals surface area contributed by atoms with Gasteiger partial charge < -0.3 is 4.90 Å². The Morgan fingerprint density at radius 2 is 1.74 bits per heavy atom. The molecule has 1 aliphatic heterocycles. The zero-order valence-corrected chi connectivity index (χ0v) is 16.4. The highest BCUT2D eigenvalue weighted by molar-refractivity contribution is 5.94. The van der Waals surface area contributed by atoms with Crippen LogP contribution in [0.4, 0.5) is 0 Å². The second-order valence-corrected chi connectivity index (χ2v) is 8.06. The Morgan fingerprint density at radius 3 is 2.52 bits per heavy atom. The van der Waals surface area contributed by atoms with Gasteiger partial charge in [0.1, 0.15) is 0 Å². The summed E-state index contributed by atoms with van der Waals surface area (Å²) in [5.74, 6) is 0.126. The summed E-state index contributed by atoms with van der Waals surface area (Å²) in [6.07, 6.45) is 7.30. The number of nitrogens with zero attached hydrogens (tertiary/aromatic N) is 2. The van der Waals surface area contributed by atoms with Crippen molar-refractivity contribution in [2.45, 2.75) is 51.1 Å². The van der Waals surface area contributed by atoms with Gasteiger partial charge in [-0.3, -0.25) is 9.69 Å². The number of piperidine rings is 1. The zero-order chi connectivity index (χ0) is 18.6. The largest absolute Gasteiger partial charge is 0.335 e. The molecule has 2 aromatic carbocycles. The molecule has 0 bridgehead atoms. The van der Waals surface area contributed by atoms with Crippen LogP contribution in [0.15, 0.2) is 48.5 Å². The van der Waals surface area contributed by atoms with Gasteiger partial charge in [0, 0.05) is 19.2 Å². The summed E-state index contributed by atoms with van der Waals surface area (Å²) in [6, 6.07) is 17.0. The van der Waals surface area contributed by atoms with E-state index in [2.05, 4.69) is 41.3 Å². The predicted molar refractivity (Wildman–Crippen MR) is 110 cm³/mol. The van der Waals surface area contributed by atoms with Crippen molar-refractivity contribution in [3.8, 4) is 0 Å². The minimum Gasteiger partial charge on any atom is -0.335 e. The van der Waals surface area contributed by atoms with Gasteiger partial charge in [-0.05, 0) is 74.0 Å². The van der Waals surface area contributed by atoms with Gasteiger partial charge in [-0.2, -0.15) is 0 Å². The number of fused-ring (bicyclic) bond motifs is 1. The first-order chi connectivity index (χ1) is 13.2. The quantitative estimate of drug-likeness (QED) is 0.778. The van der Waals surface area contributed by atoms with Crippen LogP contribution < -0.4 is 0 Å². The van der Waals surface area contributed by atoms with E-state index in [1.54, 1.807) is 0 Å². The molecule has 1 saturated heterocycles. The minimum absolute atomic E-state index is 0.126. The second-order valence-electron chi connectivity index (χ2n) is 8.06. The lowest BCUT2D eigenvalue weighted by Crippen LogP contribution is -2.33. The summed E-state index contributed by atoms with van der Waals surface area (Å²) >= 11 is 0. The van der Waals surface area contributed by atoms with Crippen molar-refractivity contribution >= 4 is 5.91 Å². The molecule has 1 fully saturated rings. The molecule has 2 aliphatic rings. The molecular formula is C24H30N2O. The van der Waals surface area contributed by atoms with Crippen LogP contribution in [0.3, 0.4) is 0 Å². The van der Waals surface area contributed by atoms with Crippen LogP contribution in [0.2, 0.25) is 0 Å². The van der Waals surface area contributed by atoms with Crippen LogP contribution in [0, 0.1) is 0 Å². The van der Waals surface area contributed by atoms with Gasteiger partial charge in [-0.1, -0.05) is 42.8 Å². The molecule has 27 heavy (non-hydrogen) atoms. The molecule has 0 spiro atoms. The van der Waals surface area contributed by atoms with Crippen molar-refractivity contribution in [1.29, 1.82) is 0 Å². The van der Waals surface area contributed by atoms with Gasteiger partial charge in [0.2, 0.25) is 0 Å². The van der Waals surface area contributed by atoms with Crippen molar-refractivity contribution in [2.75, 3.05) is 20.1 Å². The Morgan fingerprint density at radius 1 is 1.00 bits per heavy atom. The molecule has 3 nitrogen and oxygen atoms in total. The number of benzene rings is 2. The van der Waals surface area contributed by atoms with Crippen molar-refractivity contribution in [2.24, 2.45) is 0 Å². The molecule has 0 saturated carbocycles. The average molecular weight is 363 g/mol. The van der Waals surface area contributed by atoms with E-state index in [9.17, 15) is 4.79 Å². The number of aryl methyl sites for hydroxylation is 1. The van der Waals surface area contributed by atoms with E-state index in [-0.39, 0.29) is 11.9 Å². The number of amides is 1. The van der Waals surface area contributed by atoms with Crippen LogP contribution in [-0.4, -0.2) is 35.8 Å². The first-order valence-electron chi connectivity index (χ1n) is 10.4. The maximum Gasteiger partial charge on any atom is 0.254 e. The van der Waals surface area contributed by atoms with E-state index in [4.69, 9.17) is 0 Å². The molecular weight excluding hydrogens is 332 g/mol. The highest BCUT2D eigenvalue weighted by Gasteiger charge is 2.27. The molecule has 1 aliphatic carbocycles. The van der Waals surface area contributed by atoms with E-state index in [1.807, 2.05) is 24.1 Å². The fourth-order valence-electron chi connectivity index (χ4n) is 4.60. The van der Waals surface area contributed by atoms with Crippen LogP contribution in [-0.2, 0) is 13.0 Å². The lowest BCUT2D eigenvalue weighted by atomic mass is 9.87. The molecule has 0 N–H and O–H groups in total. The Labute approximate surface area is 163 Å². The molecule has 1 heterocycles. The first kappa shape index (κ1) is 18.2. The summed E-state index contributed by atoms with van der Waals surface area (Å²) in [6.45, 7) is 3.40. The SMILES string of the molecule is CN(C(=O)c1ccc(CN2CCCCC2)cc1)C1CCCc2ccccc21. The molecule has 4 rings (SSSR count). The Balaban J connectivity index is 1.45. The van der Waals surface area contributed by atoms with Gasteiger partial charge in [-0.25, -0.2) is 0 Å². The molecule has 1 amide bonds. The van der Waals surface area contributed by atoms with E-state index in [1.165, 1.54) is 49.0 Å². The van der Waals surface area contributed by atoms with Crippen molar-refractivity contribution < 1.29 is 4.79 Å². The van der Waals surface area contributed by atoms with Crippen LogP contribution in [0.5, 0.6) is 0 Å². The number of likely N-dealkylation sites (tertiary alicyclic amines) is 1. The average Bonchev–Trinajstić information content (AvgIpc) is 2.73. The maximum absolute atomic E-state index is 13.1. The number of rotatable bonds is 4. The fourth-order valence-corrected chi connectivity index (χ4v) is 4.60. The summed E-state index contributed by atoms with van der Waals surface area (Å²) in [7, 11) is 1.96. The van der Waals surface area contributed by atoms with Gasteiger partial charge in [-0.15, -0.1) is 0 Å². The summed E-state index contributed by atoms with van der Waals surface area (Å²) < 4.78 is 0. The Kier molecular flexibility index (Phi) is 5.58. The normalized spacial score (nSPS) is 20.1. The van der Waals surface area contributed by atoms with Crippen LogP contribution in [0.1, 0.15) is 65.2 Å². The highest BCUT2D eigenvalue weighted by Crippen LogP contribution is 2.34. The number of carbonyl (C=O) groups excluding carboxylic acids is 1. The Hall–Kier alpha value is -2.13. The highest BCUT2D eigenvalue weighted by atomic mass is 16.2. The summed E-state index contributed by atoms with van der Waals surface area (Å²) in [5.41, 5.74) is 4.81. The Bertz CT molecular complexity index is 777. The second kappa shape index (κ2) is 8.26. The monoisotopic (exact) mass is 362 g/mol. The lowest BCUT2D eigenvalue weighted by Gasteiger charge is -2.33. The van der Waals surface area contributed by atoms with E-state index in [0.717, 1.165) is 31.4 Å². The molecule has 1 unspecified atom stereocenters. The predicted octanol–water partition coefficient (Wildman–Crippen LogP) is 4.82. The third-order valence-electron chi connectivity index (χ3n) is 6.18. The number of carbonyl (C=O) groups is 1. The third-order valence-corrected chi connectivity index (χ3v) is 6.18. The van der Waals surface area contributed by atoms with Gasteiger partial charge in [0.25, 0.3) is 5.91 Å². The maximum atomic E-state index is 13.1. The van der Waals surface area contributed by atoms with Gasteiger partial charge >= 0.3 is 0 Å². The van der Waals surface area contributed by atoms with Crippen LogP contribution in [0.25, 0.3) is 0 Å². The van der Waals surface area contributed by atoms with E-state index < -0.39 is 0 Å². The van der Waals surface area contributed by atoms with Crippen molar-refractivity contribution in [3.63, 3.8) is 0 Å². The van der Waals surface area contributed by atoms with Crippen molar-refractivity contribution in [1.82, 2.24) is 9.80 Å².